The summed E-state index contributed by atoms with van der Waals surface area (Å²) in [4.78, 5) is 0. The minimum Gasteiger partial charge on any atom is -0.423 e. The van der Waals surface area contributed by atoms with Gasteiger partial charge in [-0.2, -0.15) is 0 Å². The number of hydrogen-bond acceptors (Lipinski definition) is 2. The van der Waals surface area contributed by atoms with Crippen LogP contribution in [-0.2, 0) is 0 Å². The summed E-state index contributed by atoms with van der Waals surface area (Å²) >= 11 is 0. The number of benzene rings is 1. The van der Waals surface area contributed by atoms with Crippen LogP contribution in [0.5, 0.6) is 0 Å². The molecule has 0 unspecified atom stereocenters. The maximum absolute atomic E-state index is 9.22. The Labute approximate surface area is 89.1 Å². The van der Waals surface area contributed by atoms with E-state index in [1.165, 1.54) is 0 Å². The molecule has 0 amide bonds. The van der Waals surface area contributed by atoms with Crippen LogP contribution in [0.25, 0.3) is 10.9 Å². The van der Waals surface area contributed by atoms with E-state index in [4.69, 9.17) is 0 Å². The fourth-order valence-corrected chi connectivity index (χ4v) is 1.89. The van der Waals surface area contributed by atoms with Crippen LogP contribution in [0, 0.1) is 0 Å². The summed E-state index contributed by atoms with van der Waals surface area (Å²) in [6, 6.07) is 7.85. The molecule has 4 heteroatoms. The molecule has 0 spiro atoms. The van der Waals surface area contributed by atoms with Crippen LogP contribution >= 0.6 is 0 Å². The molecule has 1 aromatic heterocycles. The Morgan fingerprint density at radius 3 is 2.53 bits per heavy atom. The van der Waals surface area contributed by atoms with Gasteiger partial charge in [0.2, 0.25) is 0 Å². The van der Waals surface area contributed by atoms with E-state index in [1.807, 2.05) is 24.4 Å². The molecule has 2 N–H and O–H groups in total. The fourth-order valence-electron chi connectivity index (χ4n) is 1.89. The molecule has 0 aliphatic rings. The minimum absolute atomic E-state index is 0.369. The van der Waals surface area contributed by atoms with Crippen molar-refractivity contribution in [2.75, 3.05) is 0 Å². The number of rotatable bonds is 2. The van der Waals surface area contributed by atoms with Gasteiger partial charge in [0.05, 0.1) is 0 Å². The van der Waals surface area contributed by atoms with Gasteiger partial charge in [-0.25, -0.2) is 0 Å². The average Bonchev–Trinajstić information content (AvgIpc) is 2.59. The molecule has 0 atom stereocenters. The van der Waals surface area contributed by atoms with Crippen molar-refractivity contribution < 1.29 is 10.0 Å². The van der Waals surface area contributed by atoms with Crippen LogP contribution < -0.4 is 5.46 Å². The first-order valence-corrected chi connectivity index (χ1v) is 5.07. The molecule has 0 saturated heterocycles. The van der Waals surface area contributed by atoms with Gasteiger partial charge in [0.15, 0.2) is 0 Å². The number of fused-ring (bicyclic) bond motifs is 1. The van der Waals surface area contributed by atoms with Gasteiger partial charge < -0.3 is 14.6 Å². The lowest BCUT2D eigenvalue weighted by molar-refractivity contribution is 0.426. The number of hydrogen-bond donors (Lipinski definition) is 2. The second-order valence-corrected chi connectivity index (χ2v) is 3.97. The van der Waals surface area contributed by atoms with Crippen molar-refractivity contribution in [2.45, 2.75) is 19.9 Å². The van der Waals surface area contributed by atoms with Crippen LogP contribution in [0.1, 0.15) is 19.9 Å². The van der Waals surface area contributed by atoms with Crippen molar-refractivity contribution in [3.05, 3.63) is 30.5 Å². The van der Waals surface area contributed by atoms with Crippen molar-refractivity contribution in [2.24, 2.45) is 0 Å². The lowest BCUT2D eigenvalue weighted by Gasteiger charge is -2.10. The normalized spacial score (nSPS) is 11.3. The van der Waals surface area contributed by atoms with Crippen LogP contribution in [0.2, 0.25) is 0 Å². The Kier molecular flexibility index (Phi) is 2.55. The first-order valence-electron chi connectivity index (χ1n) is 5.07. The summed E-state index contributed by atoms with van der Waals surface area (Å²) < 4.78 is 2.11. The highest BCUT2D eigenvalue weighted by molar-refractivity contribution is 6.61. The Morgan fingerprint density at radius 1 is 1.20 bits per heavy atom. The summed E-state index contributed by atoms with van der Waals surface area (Å²) in [5.41, 5.74) is 1.60. The minimum atomic E-state index is -1.41. The van der Waals surface area contributed by atoms with E-state index in [-0.39, 0.29) is 0 Å². The second kappa shape index (κ2) is 3.72. The van der Waals surface area contributed by atoms with E-state index in [9.17, 15) is 10.0 Å². The smallest absolute Gasteiger partial charge is 0.423 e. The van der Waals surface area contributed by atoms with Crippen molar-refractivity contribution in [1.29, 1.82) is 0 Å². The highest BCUT2D eigenvalue weighted by Crippen LogP contribution is 2.18. The largest absolute Gasteiger partial charge is 0.489 e. The zero-order valence-corrected chi connectivity index (χ0v) is 8.88. The topological polar surface area (TPSA) is 45.4 Å². The van der Waals surface area contributed by atoms with Gasteiger partial charge in [0.25, 0.3) is 0 Å². The summed E-state index contributed by atoms with van der Waals surface area (Å²) in [6.07, 6.45) is 1.97. The first-order chi connectivity index (χ1) is 7.11. The molecule has 0 bridgehead atoms. The monoisotopic (exact) mass is 203 g/mol. The van der Waals surface area contributed by atoms with Gasteiger partial charge in [-0.05, 0) is 36.8 Å². The van der Waals surface area contributed by atoms with Gasteiger partial charge in [-0.1, -0.05) is 12.1 Å². The zero-order chi connectivity index (χ0) is 11.0. The van der Waals surface area contributed by atoms with Crippen LogP contribution in [0.3, 0.4) is 0 Å². The molecule has 3 nitrogen and oxygen atoms in total. The fraction of sp³-hybridized carbons (Fsp3) is 0.273. The van der Waals surface area contributed by atoms with Crippen LogP contribution in [0.4, 0.5) is 0 Å². The summed E-state index contributed by atoms with van der Waals surface area (Å²) in [6.45, 7) is 4.20. The van der Waals surface area contributed by atoms with Gasteiger partial charge in [-0.3, -0.25) is 0 Å². The number of aromatic nitrogens is 1. The van der Waals surface area contributed by atoms with Gasteiger partial charge in [0, 0.05) is 17.8 Å². The molecular weight excluding hydrogens is 189 g/mol. The van der Waals surface area contributed by atoms with Crippen LogP contribution in [0.15, 0.2) is 30.5 Å². The van der Waals surface area contributed by atoms with Crippen molar-refractivity contribution in [3.8, 4) is 0 Å². The zero-order valence-electron chi connectivity index (χ0n) is 8.88. The Bertz CT molecular complexity index is 476. The number of nitrogens with zero attached hydrogens (tertiary/aromatic N) is 1. The third-order valence-corrected chi connectivity index (χ3v) is 2.63. The molecule has 15 heavy (non-hydrogen) atoms. The summed E-state index contributed by atoms with van der Waals surface area (Å²) in [7, 11) is -1.41. The molecule has 0 aliphatic heterocycles. The Morgan fingerprint density at radius 2 is 1.93 bits per heavy atom. The van der Waals surface area contributed by atoms with Gasteiger partial charge >= 0.3 is 7.12 Å². The van der Waals surface area contributed by atoms with E-state index < -0.39 is 7.12 Å². The van der Waals surface area contributed by atoms with Crippen LogP contribution in [-0.4, -0.2) is 21.7 Å². The van der Waals surface area contributed by atoms with Gasteiger partial charge in [0.1, 0.15) is 0 Å². The lowest BCUT2D eigenvalue weighted by Crippen LogP contribution is -2.30. The SMILES string of the molecule is CC(C)n1ccc2c(B(O)O)cccc21. The molecule has 1 heterocycles. The molecule has 0 fully saturated rings. The molecular formula is C11H14BNO2. The lowest BCUT2D eigenvalue weighted by atomic mass is 9.78. The van der Waals surface area contributed by atoms with Crippen molar-refractivity contribution in [3.63, 3.8) is 0 Å². The second-order valence-electron chi connectivity index (χ2n) is 3.97. The first kappa shape index (κ1) is 10.3. The molecule has 78 valence electrons. The quantitative estimate of drug-likeness (QED) is 0.712. The predicted octanol–water partition coefficient (Wildman–Crippen LogP) is 0.902. The Balaban J connectivity index is 2.69. The van der Waals surface area contributed by atoms with E-state index in [2.05, 4.69) is 18.4 Å². The highest BCUT2D eigenvalue weighted by atomic mass is 16.4. The van der Waals surface area contributed by atoms with E-state index in [0.717, 1.165) is 10.9 Å². The molecule has 0 saturated carbocycles. The van der Waals surface area contributed by atoms with Crippen molar-refractivity contribution >= 4 is 23.5 Å². The van der Waals surface area contributed by atoms with E-state index >= 15 is 0 Å². The maximum atomic E-state index is 9.22. The van der Waals surface area contributed by atoms with E-state index in [1.54, 1.807) is 6.07 Å². The third-order valence-electron chi connectivity index (χ3n) is 2.63. The average molecular weight is 203 g/mol. The standard InChI is InChI=1S/C11H14BNO2/c1-8(2)13-7-6-9-10(12(14)15)4-3-5-11(9)13/h3-8,14-15H,1-2H3. The van der Waals surface area contributed by atoms with E-state index in [0.29, 0.717) is 11.5 Å². The maximum Gasteiger partial charge on any atom is 0.489 e. The third kappa shape index (κ3) is 1.66. The van der Waals surface area contributed by atoms with Crippen molar-refractivity contribution in [1.82, 2.24) is 4.57 Å². The summed E-state index contributed by atoms with van der Waals surface area (Å²) in [5, 5.41) is 19.3. The summed E-state index contributed by atoms with van der Waals surface area (Å²) in [5.74, 6) is 0. The molecule has 2 aromatic rings. The van der Waals surface area contributed by atoms with Gasteiger partial charge in [-0.15, -0.1) is 0 Å². The predicted molar refractivity (Wildman–Crippen MR) is 62.1 cm³/mol. The molecule has 1 aromatic carbocycles. The molecule has 2 rings (SSSR count). The highest BCUT2D eigenvalue weighted by Gasteiger charge is 2.16. The molecule has 0 aliphatic carbocycles. The molecule has 0 radical (unpaired) electrons. The Hall–Kier alpha value is -1.26.